The molecule has 0 atom stereocenters. The third kappa shape index (κ3) is 5.76. The van der Waals surface area contributed by atoms with Gasteiger partial charge in [0.2, 0.25) is 0 Å². The van der Waals surface area contributed by atoms with Crippen molar-refractivity contribution < 1.29 is 4.92 Å². The average Bonchev–Trinajstić information content (AvgIpc) is 2.69. The monoisotopic (exact) mass is 360 g/mol. The van der Waals surface area contributed by atoms with Crippen LogP contribution in [0.2, 0.25) is 0 Å². The fourth-order valence-electron chi connectivity index (χ4n) is 3.08. The highest BCUT2D eigenvalue weighted by Crippen LogP contribution is 2.15. The van der Waals surface area contributed by atoms with Crippen molar-refractivity contribution in [3.63, 3.8) is 0 Å². The Morgan fingerprint density at radius 2 is 1.33 bits per heavy atom. The zero-order chi connectivity index (χ0) is 19.1. The van der Waals surface area contributed by atoms with Gasteiger partial charge in [-0.15, -0.1) is 0 Å². The fraction of sp³-hybridized carbons (Fsp3) is 0.217. The average molecular weight is 360 g/mol. The maximum atomic E-state index is 10.8. The number of aryl methyl sites for hydroxylation is 1. The Bertz CT molecular complexity index is 859. The Hall–Kier alpha value is -2.98. The standard InChI is InChI=1S/C23H24N2O2/c1-19-7-9-22(10-8-19)18-24(17-21-5-3-2-4-6-21)16-15-20-11-13-23(14-12-20)25(26)27/h2-14H,15-18H2,1H3. The quantitative estimate of drug-likeness (QED) is 0.412. The molecule has 0 saturated carbocycles. The number of non-ortho nitro benzene ring substituents is 1. The summed E-state index contributed by atoms with van der Waals surface area (Å²) in [5.41, 5.74) is 5.09. The molecule has 0 aromatic heterocycles. The van der Waals surface area contributed by atoms with E-state index >= 15 is 0 Å². The van der Waals surface area contributed by atoms with Gasteiger partial charge < -0.3 is 0 Å². The van der Waals surface area contributed by atoms with Gasteiger partial charge in [-0.3, -0.25) is 15.0 Å². The third-order valence-corrected chi connectivity index (χ3v) is 4.64. The highest BCUT2D eigenvalue weighted by molar-refractivity contribution is 5.33. The van der Waals surface area contributed by atoms with Crippen molar-refractivity contribution >= 4 is 5.69 Å². The molecule has 0 fully saturated rings. The van der Waals surface area contributed by atoms with Gasteiger partial charge in [0.05, 0.1) is 4.92 Å². The van der Waals surface area contributed by atoms with Gasteiger partial charge in [-0.25, -0.2) is 0 Å². The lowest BCUT2D eigenvalue weighted by Gasteiger charge is -2.23. The molecule has 0 bridgehead atoms. The first-order valence-electron chi connectivity index (χ1n) is 9.15. The zero-order valence-corrected chi connectivity index (χ0v) is 15.5. The summed E-state index contributed by atoms with van der Waals surface area (Å²) in [5.74, 6) is 0. The van der Waals surface area contributed by atoms with Crippen LogP contribution in [0.25, 0.3) is 0 Å². The number of nitrogens with zero attached hydrogens (tertiary/aromatic N) is 2. The lowest BCUT2D eigenvalue weighted by Crippen LogP contribution is -2.25. The summed E-state index contributed by atoms with van der Waals surface area (Å²) in [5, 5.41) is 10.8. The van der Waals surface area contributed by atoms with Gasteiger partial charge in [0.1, 0.15) is 0 Å². The molecule has 3 aromatic rings. The second-order valence-electron chi connectivity index (χ2n) is 6.86. The summed E-state index contributed by atoms with van der Waals surface area (Å²) >= 11 is 0. The summed E-state index contributed by atoms with van der Waals surface area (Å²) in [6.07, 6.45) is 0.858. The molecule has 0 aliphatic heterocycles. The minimum absolute atomic E-state index is 0.138. The van der Waals surface area contributed by atoms with Crippen LogP contribution in [-0.2, 0) is 19.5 Å². The van der Waals surface area contributed by atoms with E-state index in [9.17, 15) is 10.1 Å². The maximum Gasteiger partial charge on any atom is 0.269 e. The van der Waals surface area contributed by atoms with Gasteiger partial charge in [0.15, 0.2) is 0 Å². The largest absolute Gasteiger partial charge is 0.295 e. The van der Waals surface area contributed by atoms with Crippen molar-refractivity contribution in [3.05, 3.63) is 111 Å². The smallest absolute Gasteiger partial charge is 0.269 e. The van der Waals surface area contributed by atoms with E-state index in [4.69, 9.17) is 0 Å². The zero-order valence-electron chi connectivity index (χ0n) is 15.5. The molecule has 0 aliphatic carbocycles. The van der Waals surface area contributed by atoms with Gasteiger partial charge in [-0.1, -0.05) is 72.3 Å². The van der Waals surface area contributed by atoms with Crippen LogP contribution >= 0.6 is 0 Å². The molecular weight excluding hydrogens is 336 g/mol. The number of rotatable bonds is 8. The first kappa shape index (κ1) is 18.8. The molecule has 138 valence electrons. The number of hydrogen-bond donors (Lipinski definition) is 0. The Kier molecular flexibility index (Phi) is 6.34. The molecule has 3 aromatic carbocycles. The van der Waals surface area contributed by atoms with Crippen molar-refractivity contribution in [1.29, 1.82) is 0 Å². The lowest BCUT2D eigenvalue weighted by molar-refractivity contribution is -0.384. The maximum absolute atomic E-state index is 10.8. The van der Waals surface area contributed by atoms with Crippen LogP contribution in [0, 0.1) is 17.0 Å². The second-order valence-corrected chi connectivity index (χ2v) is 6.86. The van der Waals surface area contributed by atoms with Gasteiger partial charge in [-0.05, 0) is 30.0 Å². The topological polar surface area (TPSA) is 46.4 Å². The van der Waals surface area contributed by atoms with E-state index in [1.165, 1.54) is 16.7 Å². The minimum Gasteiger partial charge on any atom is -0.295 e. The van der Waals surface area contributed by atoms with Crippen molar-refractivity contribution in [3.8, 4) is 0 Å². The number of benzene rings is 3. The van der Waals surface area contributed by atoms with E-state index in [0.29, 0.717) is 0 Å². The summed E-state index contributed by atoms with van der Waals surface area (Å²) in [7, 11) is 0. The number of nitro groups is 1. The predicted molar refractivity (Wildman–Crippen MR) is 109 cm³/mol. The molecule has 0 aliphatic rings. The molecule has 4 heteroatoms. The summed E-state index contributed by atoms with van der Waals surface area (Å²) < 4.78 is 0. The first-order chi connectivity index (χ1) is 13.1. The summed E-state index contributed by atoms with van der Waals surface area (Å²) in [6.45, 7) is 4.74. The van der Waals surface area contributed by atoms with Crippen LogP contribution < -0.4 is 0 Å². The predicted octanol–water partition coefficient (Wildman–Crippen LogP) is 5.15. The van der Waals surface area contributed by atoms with Crippen LogP contribution in [0.3, 0.4) is 0 Å². The van der Waals surface area contributed by atoms with Gasteiger partial charge in [0.25, 0.3) is 5.69 Å². The molecule has 3 rings (SSSR count). The van der Waals surface area contributed by atoms with Crippen LogP contribution in [0.15, 0.2) is 78.9 Å². The van der Waals surface area contributed by atoms with E-state index in [-0.39, 0.29) is 10.6 Å². The molecule has 0 radical (unpaired) electrons. The molecule has 4 nitrogen and oxygen atoms in total. The Balaban J connectivity index is 1.68. The SMILES string of the molecule is Cc1ccc(CN(CCc2ccc([N+](=O)[O-])cc2)Cc2ccccc2)cc1. The lowest BCUT2D eigenvalue weighted by atomic mass is 10.1. The normalized spacial score (nSPS) is 10.9. The highest BCUT2D eigenvalue weighted by Gasteiger charge is 2.09. The van der Waals surface area contributed by atoms with Gasteiger partial charge >= 0.3 is 0 Å². The number of nitro benzene ring substituents is 1. The van der Waals surface area contributed by atoms with Crippen molar-refractivity contribution in [1.82, 2.24) is 4.90 Å². The van der Waals surface area contributed by atoms with E-state index in [0.717, 1.165) is 31.6 Å². The van der Waals surface area contributed by atoms with E-state index in [1.807, 2.05) is 18.2 Å². The van der Waals surface area contributed by atoms with Crippen molar-refractivity contribution in [2.75, 3.05) is 6.54 Å². The molecule has 0 N–H and O–H groups in total. The molecule has 0 unspecified atom stereocenters. The van der Waals surface area contributed by atoms with Crippen LogP contribution in [0.5, 0.6) is 0 Å². The van der Waals surface area contributed by atoms with Crippen LogP contribution in [0.4, 0.5) is 5.69 Å². The Labute approximate surface area is 160 Å². The third-order valence-electron chi connectivity index (χ3n) is 4.64. The first-order valence-corrected chi connectivity index (χ1v) is 9.15. The molecule has 0 saturated heterocycles. The Morgan fingerprint density at radius 1 is 0.778 bits per heavy atom. The Morgan fingerprint density at radius 3 is 1.93 bits per heavy atom. The van der Waals surface area contributed by atoms with Crippen molar-refractivity contribution in [2.45, 2.75) is 26.4 Å². The fourth-order valence-corrected chi connectivity index (χ4v) is 3.08. The molecule has 0 amide bonds. The van der Waals surface area contributed by atoms with Gasteiger partial charge in [0, 0.05) is 31.8 Å². The highest BCUT2D eigenvalue weighted by atomic mass is 16.6. The molecular formula is C23H24N2O2. The van der Waals surface area contributed by atoms with Crippen LogP contribution in [-0.4, -0.2) is 16.4 Å². The van der Waals surface area contributed by atoms with Gasteiger partial charge in [-0.2, -0.15) is 0 Å². The van der Waals surface area contributed by atoms with E-state index < -0.39 is 0 Å². The number of hydrogen-bond acceptors (Lipinski definition) is 3. The second kappa shape index (κ2) is 9.10. The van der Waals surface area contributed by atoms with Crippen molar-refractivity contribution in [2.24, 2.45) is 0 Å². The molecule has 27 heavy (non-hydrogen) atoms. The van der Waals surface area contributed by atoms with E-state index in [2.05, 4.69) is 60.4 Å². The van der Waals surface area contributed by atoms with Crippen LogP contribution in [0.1, 0.15) is 22.3 Å². The molecule has 0 spiro atoms. The molecule has 0 heterocycles. The van der Waals surface area contributed by atoms with E-state index in [1.54, 1.807) is 12.1 Å². The summed E-state index contributed by atoms with van der Waals surface area (Å²) in [6, 6.07) is 26.0. The summed E-state index contributed by atoms with van der Waals surface area (Å²) in [4.78, 5) is 12.9. The minimum atomic E-state index is -0.358.